The molecule has 0 unspecified atom stereocenters. The third-order valence-electron chi connectivity index (χ3n) is 3.69. The standard InChI is InChI=1S/C14H20ClNO2S/c15-11-7-13(19-9-11)5-6-14(18)16-12-3-1-10(8-17)2-4-12/h7,9-10,12,17H,1-6,8H2,(H,16,18). The molecule has 0 bridgehead atoms. The summed E-state index contributed by atoms with van der Waals surface area (Å²) in [7, 11) is 0. The molecule has 1 fully saturated rings. The van der Waals surface area contributed by atoms with Gasteiger partial charge in [-0.3, -0.25) is 4.79 Å². The average molecular weight is 302 g/mol. The van der Waals surface area contributed by atoms with Crippen LogP contribution in [0.5, 0.6) is 0 Å². The zero-order valence-electron chi connectivity index (χ0n) is 10.9. The highest BCUT2D eigenvalue weighted by Crippen LogP contribution is 2.24. The number of thiophene rings is 1. The van der Waals surface area contributed by atoms with Gasteiger partial charge in [0.05, 0.1) is 5.02 Å². The van der Waals surface area contributed by atoms with Gasteiger partial charge in [-0.25, -0.2) is 0 Å². The maximum absolute atomic E-state index is 11.9. The molecule has 1 saturated carbocycles. The molecule has 106 valence electrons. The number of aryl methyl sites for hydroxylation is 1. The molecule has 1 amide bonds. The van der Waals surface area contributed by atoms with Crippen LogP contribution in [0.15, 0.2) is 11.4 Å². The van der Waals surface area contributed by atoms with Gasteiger partial charge in [-0.15, -0.1) is 11.3 Å². The van der Waals surface area contributed by atoms with Crippen molar-refractivity contribution in [3.8, 4) is 0 Å². The minimum atomic E-state index is 0.122. The lowest BCUT2D eigenvalue weighted by atomic mass is 9.86. The summed E-state index contributed by atoms with van der Waals surface area (Å²) in [5, 5.41) is 14.8. The predicted molar refractivity (Wildman–Crippen MR) is 78.6 cm³/mol. The Morgan fingerprint density at radius 2 is 2.16 bits per heavy atom. The zero-order chi connectivity index (χ0) is 13.7. The van der Waals surface area contributed by atoms with Crippen LogP contribution in [-0.2, 0) is 11.2 Å². The largest absolute Gasteiger partial charge is 0.396 e. The second-order valence-corrected chi connectivity index (χ2v) is 6.63. The molecule has 5 heteroatoms. The van der Waals surface area contributed by atoms with Crippen LogP contribution in [-0.4, -0.2) is 23.7 Å². The molecule has 1 heterocycles. The monoisotopic (exact) mass is 301 g/mol. The predicted octanol–water partition coefficient (Wildman–Crippen LogP) is 3.00. The first-order chi connectivity index (χ1) is 9.17. The lowest BCUT2D eigenvalue weighted by Gasteiger charge is -2.27. The summed E-state index contributed by atoms with van der Waals surface area (Å²) >= 11 is 7.45. The van der Waals surface area contributed by atoms with Gasteiger partial charge >= 0.3 is 0 Å². The Balaban J connectivity index is 1.67. The Kier molecular flexibility index (Phi) is 5.67. The van der Waals surface area contributed by atoms with Gasteiger partial charge in [0.15, 0.2) is 0 Å². The molecule has 1 aromatic rings. The van der Waals surface area contributed by atoms with Gasteiger partial charge in [-0.1, -0.05) is 11.6 Å². The van der Waals surface area contributed by atoms with E-state index in [1.807, 2.05) is 11.4 Å². The molecule has 19 heavy (non-hydrogen) atoms. The van der Waals surface area contributed by atoms with Gasteiger partial charge in [0, 0.05) is 29.3 Å². The molecule has 0 atom stereocenters. The van der Waals surface area contributed by atoms with Crippen molar-refractivity contribution < 1.29 is 9.90 Å². The molecule has 2 N–H and O–H groups in total. The first-order valence-electron chi connectivity index (χ1n) is 6.80. The molecule has 2 rings (SSSR count). The molecule has 0 aliphatic heterocycles. The van der Waals surface area contributed by atoms with E-state index in [2.05, 4.69) is 5.32 Å². The lowest BCUT2D eigenvalue weighted by molar-refractivity contribution is -0.122. The molecule has 1 aromatic heterocycles. The fourth-order valence-electron chi connectivity index (χ4n) is 2.51. The summed E-state index contributed by atoms with van der Waals surface area (Å²) in [5.41, 5.74) is 0. The van der Waals surface area contributed by atoms with Crippen LogP contribution in [0.4, 0.5) is 0 Å². The second-order valence-electron chi connectivity index (χ2n) is 5.20. The third-order valence-corrected chi connectivity index (χ3v) is 5.03. The van der Waals surface area contributed by atoms with E-state index in [9.17, 15) is 4.79 Å². The van der Waals surface area contributed by atoms with Crippen molar-refractivity contribution in [2.45, 2.75) is 44.6 Å². The minimum Gasteiger partial charge on any atom is -0.396 e. The summed E-state index contributed by atoms with van der Waals surface area (Å²) in [5.74, 6) is 0.554. The molecule has 1 aliphatic carbocycles. The normalized spacial score (nSPS) is 23.3. The number of carbonyl (C=O) groups excluding carboxylic acids is 1. The summed E-state index contributed by atoms with van der Waals surface area (Å²) in [6, 6.07) is 2.22. The third kappa shape index (κ3) is 4.79. The number of hydrogen-bond donors (Lipinski definition) is 2. The Morgan fingerprint density at radius 1 is 1.42 bits per heavy atom. The SMILES string of the molecule is O=C(CCc1cc(Cl)cs1)NC1CCC(CO)CC1. The van der Waals surface area contributed by atoms with Gasteiger partial charge in [-0.05, 0) is 44.1 Å². The van der Waals surface area contributed by atoms with Crippen molar-refractivity contribution in [1.29, 1.82) is 0 Å². The topological polar surface area (TPSA) is 49.3 Å². The molecular weight excluding hydrogens is 282 g/mol. The van der Waals surface area contributed by atoms with Crippen LogP contribution >= 0.6 is 22.9 Å². The molecule has 0 spiro atoms. The van der Waals surface area contributed by atoms with Gasteiger partial charge in [0.2, 0.25) is 5.91 Å². The van der Waals surface area contributed by atoms with Crippen LogP contribution in [0.3, 0.4) is 0 Å². The van der Waals surface area contributed by atoms with Crippen LogP contribution in [0.2, 0.25) is 5.02 Å². The average Bonchev–Trinajstić information content (AvgIpc) is 2.83. The number of halogens is 1. The van der Waals surface area contributed by atoms with Crippen LogP contribution in [0.1, 0.15) is 37.0 Å². The van der Waals surface area contributed by atoms with Gasteiger partial charge < -0.3 is 10.4 Å². The Morgan fingerprint density at radius 3 is 2.74 bits per heavy atom. The smallest absolute Gasteiger partial charge is 0.220 e. The maximum Gasteiger partial charge on any atom is 0.220 e. The zero-order valence-corrected chi connectivity index (χ0v) is 12.5. The van der Waals surface area contributed by atoms with E-state index in [0.717, 1.165) is 42.0 Å². The minimum absolute atomic E-state index is 0.122. The number of rotatable bonds is 5. The fraction of sp³-hybridized carbons (Fsp3) is 0.643. The van der Waals surface area contributed by atoms with Crippen LogP contribution in [0, 0.1) is 5.92 Å². The number of aliphatic hydroxyl groups excluding tert-OH is 1. The summed E-state index contributed by atoms with van der Waals surface area (Å²) < 4.78 is 0. The van der Waals surface area contributed by atoms with Crippen molar-refractivity contribution in [1.82, 2.24) is 5.32 Å². The fourth-order valence-corrected chi connectivity index (χ4v) is 3.59. The first kappa shape index (κ1) is 14.8. The van der Waals surface area contributed by atoms with Gasteiger partial charge in [0.25, 0.3) is 0 Å². The van der Waals surface area contributed by atoms with E-state index in [1.54, 1.807) is 11.3 Å². The lowest BCUT2D eigenvalue weighted by Crippen LogP contribution is -2.38. The molecule has 1 aliphatic rings. The molecule has 0 saturated heterocycles. The van der Waals surface area contributed by atoms with E-state index in [-0.39, 0.29) is 12.5 Å². The number of aliphatic hydroxyl groups is 1. The second kappa shape index (κ2) is 7.27. The molecule has 0 radical (unpaired) electrons. The maximum atomic E-state index is 11.9. The van der Waals surface area contributed by atoms with Crippen LogP contribution < -0.4 is 5.32 Å². The van der Waals surface area contributed by atoms with E-state index >= 15 is 0 Å². The van der Waals surface area contributed by atoms with Gasteiger partial charge in [0.1, 0.15) is 0 Å². The summed E-state index contributed by atoms with van der Waals surface area (Å²) in [6.07, 6.45) is 5.29. The van der Waals surface area contributed by atoms with Crippen molar-refractivity contribution in [3.63, 3.8) is 0 Å². The number of amides is 1. The van der Waals surface area contributed by atoms with Gasteiger partial charge in [-0.2, -0.15) is 0 Å². The Hall–Kier alpha value is -0.580. The number of nitrogens with one attached hydrogen (secondary N) is 1. The highest BCUT2D eigenvalue weighted by atomic mass is 35.5. The Bertz CT molecular complexity index is 413. The van der Waals surface area contributed by atoms with E-state index < -0.39 is 0 Å². The van der Waals surface area contributed by atoms with Crippen LogP contribution in [0.25, 0.3) is 0 Å². The highest BCUT2D eigenvalue weighted by molar-refractivity contribution is 7.10. The number of hydrogen-bond acceptors (Lipinski definition) is 3. The van der Waals surface area contributed by atoms with Crippen molar-refractivity contribution in [2.75, 3.05) is 6.61 Å². The molecular formula is C14H20ClNO2S. The summed E-state index contributed by atoms with van der Waals surface area (Å²) in [4.78, 5) is 13.0. The molecule has 3 nitrogen and oxygen atoms in total. The molecule has 0 aromatic carbocycles. The first-order valence-corrected chi connectivity index (χ1v) is 8.06. The van der Waals surface area contributed by atoms with E-state index in [1.165, 1.54) is 0 Å². The quantitative estimate of drug-likeness (QED) is 0.878. The number of carbonyl (C=O) groups is 1. The Labute approximate surface area is 123 Å². The van der Waals surface area contributed by atoms with Crippen molar-refractivity contribution in [3.05, 3.63) is 21.3 Å². The van der Waals surface area contributed by atoms with Crippen molar-refractivity contribution in [2.24, 2.45) is 5.92 Å². The van der Waals surface area contributed by atoms with Crippen molar-refractivity contribution >= 4 is 28.8 Å². The highest BCUT2D eigenvalue weighted by Gasteiger charge is 2.21. The van der Waals surface area contributed by atoms with E-state index in [0.29, 0.717) is 18.4 Å². The summed E-state index contributed by atoms with van der Waals surface area (Å²) in [6.45, 7) is 0.278. The van der Waals surface area contributed by atoms with E-state index in [4.69, 9.17) is 16.7 Å².